The molecule has 0 unspecified atom stereocenters. The topological polar surface area (TPSA) is 113 Å². The highest BCUT2D eigenvalue weighted by Gasteiger charge is 2.41. The average Bonchev–Trinajstić information content (AvgIpc) is 0.699. The van der Waals surface area contributed by atoms with Crippen LogP contribution in [0.2, 0.25) is 0 Å². The van der Waals surface area contributed by atoms with Crippen LogP contribution in [0.25, 0.3) is 123 Å². The number of H-pyrrole nitrogens is 2. The Kier molecular flexibility index (Phi) is 17.6. The normalized spacial score (nSPS) is 13.2. The first-order valence-corrected chi connectivity index (χ1v) is 39.8. The van der Waals surface area contributed by atoms with Gasteiger partial charge in [0.05, 0.1) is 50.7 Å². The molecule has 14 aromatic rings. The predicted octanol–water partition coefficient (Wildman–Crippen LogP) is 27.5. The zero-order valence-electron chi connectivity index (χ0n) is 69.4. The second-order valence-electron chi connectivity index (χ2n) is 36.2. The van der Waals surface area contributed by atoms with Gasteiger partial charge in [0.15, 0.2) is 0 Å². The Morgan fingerprint density at radius 2 is 0.728 bits per heavy atom. The van der Waals surface area contributed by atoms with Gasteiger partial charge < -0.3 is 19.4 Å². The van der Waals surface area contributed by atoms with Crippen molar-refractivity contribution in [2.75, 3.05) is 4.90 Å². The zero-order chi connectivity index (χ0) is 80.4. The second kappa shape index (κ2) is 26.9. The first-order valence-electron chi connectivity index (χ1n) is 39.8. The number of hydrogen-bond acceptors (Lipinski definition) is 6. The number of benzene rings is 11. The molecule has 17 rings (SSSR count). The number of carbonyl (C=O) groups excluding carboxylic acids is 2. The molecule has 0 fully saturated rings. The van der Waals surface area contributed by atoms with Crippen molar-refractivity contribution in [2.45, 2.75) is 167 Å². The van der Waals surface area contributed by atoms with E-state index < -0.39 is 17.2 Å². The van der Waals surface area contributed by atoms with Crippen LogP contribution in [0.15, 0.2) is 170 Å². The zero-order valence-corrected chi connectivity index (χ0v) is 69.4. The van der Waals surface area contributed by atoms with Crippen LogP contribution in [0.1, 0.15) is 210 Å². The Morgan fingerprint density at radius 1 is 0.342 bits per heavy atom. The van der Waals surface area contributed by atoms with Crippen molar-refractivity contribution in [3.05, 3.63) is 287 Å². The number of ether oxygens (including phenoxy) is 2. The fourth-order valence-corrected chi connectivity index (χ4v) is 18.2. The SMILES string of the molecule is Cc1cc(C)c(-c2c3nc(c(-c4c(C)cc(C)cc4C)c4ccc([nH]4)c(-c4c(C)cc(C)cc4C)c4nc(c(C#Cc5ccc6c7c(Oc8ccc(C(C)(C)C)cc8)cc8c9c(cc(Oc%10ccc(C(C)(C)C)cc%10)c(c%10cccc5c%106)c97)C(=O)N(c5cc(C(C)(C)C)ccc5C(C)(C)C)C8=O)c5ccc2[nH]5)C=C4)C=C3)c(C)c1. The third-order valence-corrected chi connectivity index (χ3v) is 23.4. The maximum Gasteiger partial charge on any atom is 0.266 e. The standard InChI is InChI=1S/C105H97N5O4/c1-56-47-59(4)89(60(5)48-56)96-80-41-39-78(106-80)72(79-40-42-81(107-79)97(90-61(6)49-57(2)50-62(90)7)83-44-46-85(109-83)98(84-45-43-82(96)108-84)91-63(8)51-58(3)52-64(91)9)36-25-65-26-37-74-92-71(65)23-22-24-73(92)94-87(113-69-32-27-66(28-33-69)102(10,11)12)54-75-93-76(55-88(95(74)99(93)94)114-70-34-29-67(30-35-70)103(13,14)15)101(112)110(100(75)111)86-53-68(104(16,17)18)31-38-77(86)105(19,20)21/h22-24,26-35,37-55,106,109H,1-21H3. The lowest BCUT2D eigenvalue weighted by atomic mass is 9.79. The molecule has 566 valence electrons. The van der Waals surface area contributed by atoms with Gasteiger partial charge in [0.2, 0.25) is 0 Å². The van der Waals surface area contributed by atoms with Gasteiger partial charge in [-0.2, -0.15) is 0 Å². The Labute approximate surface area is 669 Å². The highest BCUT2D eigenvalue weighted by atomic mass is 16.5. The van der Waals surface area contributed by atoms with E-state index >= 15 is 9.59 Å². The highest BCUT2D eigenvalue weighted by Crippen LogP contribution is 2.54. The van der Waals surface area contributed by atoms with Gasteiger partial charge >= 0.3 is 0 Å². The third kappa shape index (κ3) is 12.7. The largest absolute Gasteiger partial charge is 0.457 e. The number of hydrogen-bond donors (Lipinski definition) is 2. The molecule has 8 bridgehead atoms. The molecule has 9 heteroatoms. The number of aromatic nitrogens is 4. The number of imide groups is 1. The molecule has 6 heterocycles. The van der Waals surface area contributed by atoms with Crippen molar-refractivity contribution in [3.8, 4) is 68.2 Å². The van der Waals surface area contributed by atoms with Crippen molar-refractivity contribution in [1.82, 2.24) is 19.9 Å². The first-order chi connectivity index (χ1) is 54.1. The van der Waals surface area contributed by atoms with Gasteiger partial charge in [0.25, 0.3) is 11.8 Å². The van der Waals surface area contributed by atoms with E-state index in [-0.39, 0.29) is 16.2 Å². The third-order valence-electron chi connectivity index (χ3n) is 23.4. The molecule has 9 nitrogen and oxygen atoms in total. The molecule has 114 heavy (non-hydrogen) atoms. The summed E-state index contributed by atoms with van der Waals surface area (Å²) in [5.41, 5.74) is 29.5. The molecule has 2 N–H and O–H groups in total. The molecule has 0 saturated heterocycles. The lowest BCUT2D eigenvalue weighted by Gasteiger charge is -2.34. The summed E-state index contributed by atoms with van der Waals surface area (Å²) >= 11 is 0. The minimum absolute atomic E-state index is 0.127. The molecule has 0 aliphatic carbocycles. The summed E-state index contributed by atoms with van der Waals surface area (Å²) in [6.45, 7) is 45.7. The lowest BCUT2D eigenvalue weighted by Crippen LogP contribution is -2.42. The number of amides is 2. The van der Waals surface area contributed by atoms with Gasteiger partial charge in [-0.25, -0.2) is 14.9 Å². The molecule has 3 aromatic heterocycles. The summed E-state index contributed by atoms with van der Waals surface area (Å²) < 4.78 is 14.7. The van der Waals surface area contributed by atoms with E-state index in [4.69, 9.17) is 19.4 Å². The Bertz CT molecular complexity index is 6570. The maximum atomic E-state index is 16.3. The van der Waals surface area contributed by atoms with Crippen molar-refractivity contribution in [1.29, 1.82) is 0 Å². The number of nitrogens with zero attached hydrogens (tertiary/aromatic N) is 3. The minimum atomic E-state index is -0.456. The number of anilines is 1. The summed E-state index contributed by atoms with van der Waals surface area (Å²) in [4.78, 5) is 53.6. The summed E-state index contributed by atoms with van der Waals surface area (Å²) in [6.07, 6.45) is 8.63. The Balaban J connectivity index is 0.962. The van der Waals surface area contributed by atoms with E-state index in [0.717, 1.165) is 155 Å². The number of fused-ring (bicyclic) bond motifs is 10. The number of aryl methyl sites for hydroxylation is 9. The highest BCUT2D eigenvalue weighted by molar-refractivity contribution is 6.44. The predicted molar refractivity (Wildman–Crippen MR) is 477 cm³/mol. The van der Waals surface area contributed by atoms with E-state index in [0.29, 0.717) is 61.8 Å². The monoisotopic (exact) mass is 1490 g/mol. The average molecular weight is 1490 g/mol. The summed E-state index contributed by atoms with van der Waals surface area (Å²) in [5, 5.41) is 6.19. The summed E-state index contributed by atoms with van der Waals surface area (Å²) in [5.74, 6) is 8.90. The van der Waals surface area contributed by atoms with Crippen LogP contribution < -0.4 is 14.4 Å². The Morgan fingerprint density at radius 3 is 1.16 bits per heavy atom. The minimum Gasteiger partial charge on any atom is -0.457 e. The van der Waals surface area contributed by atoms with E-state index in [9.17, 15) is 0 Å². The summed E-state index contributed by atoms with van der Waals surface area (Å²) in [6, 6.07) is 59.4. The molecule has 0 radical (unpaired) electrons. The van der Waals surface area contributed by atoms with Crippen LogP contribution in [-0.2, 0) is 21.7 Å². The van der Waals surface area contributed by atoms with E-state index in [1.165, 1.54) is 32.7 Å². The molecule has 0 spiro atoms. The fraction of sp³-hybridized carbons (Fsp3) is 0.238. The van der Waals surface area contributed by atoms with Crippen molar-refractivity contribution < 1.29 is 19.1 Å². The van der Waals surface area contributed by atoms with Crippen molar-refractivity contribution in [2.24, 2.45) is 0 Å². The molecule has 11 aromatic carbocycles. The molecule has 0 atom stereocenters. The van der Waals surface area contributed by atoms with Crippen LogP contribution >= 0.6 is 0 Å². The molecule has 3 aliphatic rings. The number of carbonyl (C=O) groups is 2. The van der Waals surface area contributed by atoms with Crippen molar-refractivity contribution >= 4 is 107 Å². The maximum absolute atomic E-state index is 16.3. The van der Waals surface area contributed by atoms with Crippen LogP contribution in [0.4, 0.5) is 5.69 Å². The van der Waals surface area contributed by atoms with Crippen LogP contribution in [0.3, 0.4) is 0 Å². The van der Waals surface area contributed by atoms with Gasteiger partial charge in [-0.1, -0.05) is 209 Å². The van der Waals surface area contributed by atoms with Gasteiger partial charge in [-0.3, -0.25) is 9.59 Å². The number of rotatable bonds is 8. The molecule has 2 amide bonds. The van der Waals surface area contributed by atoms with Crippen LogP contribution in [0.5, 0.6) is 23.0 Å². The Hall–Kier alpha value is -12.4. The van der Waals surface area contributed by atoms with Gasteiger partial charge in [0, 0.05) is 60.3 Å². The molecule has 0 saturated carbocycles. The van der Waals surface area contributed by atoms with E-state index in [1.807, 2.05) is 42.5 Å². The molecule has 3 aliphatic heterocycles. The summed E-state index contributed by atoms with van der Waals surface area (Å²) in [7, 11) is 0. The van der Waals surface area contributed by atoms with E-state index in [1.54, 1.807) is 0 Å². The van der Waals surface area contributed by atoms with Gasteiger partial charge in [-0.05, 0) is 275 Å². The quantitative estimate of drug-likeness (QED) is 0.0678. The van der Waals surface area contributed by atoms with Gasteiger partial charge in [0.1, 0.15) is 23.0 Å². The van der Waals surface area contributed by atoms with Gasteiger partial charge in [-0.15, -0.1) is 0 Å². The van der Waals surface area contributed by atoms with Crippen LogP contribution in [-0.4, -0.2) is 31.8 Å². The van der Waals surface area contributed by atoms with Crippen molar-refractivity contribution in [3.63, 3.8) is 0 Å². The molecular formula is C105H97N5O4. The smallest absolute Gasteiger partial charge is 0.266 e. The second-order valence-corrected chi connectivity index (χ2v) is 36.2. The number of aromatic amines is 2. The molecular weight excluding hydrogens is 1400 g/mol. The van der Waals surface area contributed by atoms with Crippen LogP contribution in [0, 0.1) is 74.2 Å². The lowest BCUT2D eigenvalue weighted by molar-refractivity contribution is 0.0892. The first kappa shape index (κ1) is 74.4. The number of nitrogens with one attached hydrogen (secondary N) is 2. The fourth-order valence-electron chi connectivity index (χ4n) is 18.2. The van der Waals surface area contributed by atoms with E-state index in [2.05, 4.69) is 319 Å².